The lowest BCUT2D eigenvalue weighted by molar-refractivity contribution is -0.130. The Bertz CT molecular complexity index is 955. The number of piperidine rings is 1. The van der Waals surface area contributed by atoms with E-state index in [0.717, 1.165) is 24.0 Å². The predicted octanol–water partition coefficient (Wildman–Crippen LogP) is 1.86. The second-order valence-electron chi connectivity index (χ2n) is 8.05. The molecule has 1 fully saturated rings. The van der Waals surface area contributed by atoms with Crippen LogP contribution >= 0.6 is 0 Å². The van der Waals surface area contributed by atoms with E-state index < -0.39 is 22.2 Å². The van der Waals surface area contributed by atoms with Crippen molar-refractivity contribution >= 4 is 15.9 Å². The lowest BCUT2D eigenvalue weighted by atomic mass is 9.87. The zero-order chi connectivity index (χ0) is 22.4. The molecule has 1 saturated heterocycles. The Morgan fingerprint density at radius 1 is 1.10 bits per heavy atom. The molecule has 2 atom stereocenters. The molecule has 0 bridgehead atoms. The van der Waals surface area contributed by atoms with Crippen LogP contribution < -0.4 is 4.72 Å². The highest BCUT2D eigenvalue weighted by molar-refractivity contribution is 7.89. The van der Waals surface area contributed by atoms with E-state index in [1.165, 1.54) is 12.1 Å². The van der Waals surface area contributed by atoms with Crippen molar-refractivity contribution in [1.82, 2.24) is 9.62 Å². The number of nitrogens with zero attached hydrogens (tertiary/aromatic N) is 1. The van der Waals surface area contributed by atoms with Crippen molar-refractivity contribution in [3.05, 3.63) is 65.7 Å². The number of likely N-dealkylation sites (tertiary alicyclic amines) is 1. The van der Waals surface area contributed by atoms with Crippen LogP contribution in [0.1, 0.15) is 37.0 Å². The summed E-state index contributed by atoms with van der Waals surface area (Å²) in [6.07, 6.45) is 1.25. The van der Waals surface area contributed by atoms with E-state index in [1.807, 2.05) is 24.3 Å². The summed E-state index contributed by atoms with van der Waals surface area (Å²) in [5.41, 5.74) is 1.66. The number of sulfonamides is 1. The minimum atomic E-state index is -3.72. The van der Waals surface area contributed by atoms with Gasteiger partial charge in [0.25, 0.3) is 0 Å². The Kier molecular flexibility index (Phi) is 7.83. The molecule has 3 N–H and O–H groups in total. The van der Waals surface area contributed by atoms with Gasteiger partial charge >= 0.3 is 0 Å². The van der Waals surface area contributed by atoms with Gasteiger partial charge in [-0.25, -0.2) is 13.1 Å². The number of nitrogens with one attached hydrogen (secondary N) is 1. The maximum atomic E-state index is 12.5. The van der Waals surface area contributed by atoms with Gasteiger partial charge in [0.2, 0.25) is 15.9 Å². The van der Waals surface area contributed by atoms with Gasteiger partial charge in [-0.2, -0.15) is 0 Å². The fourth-order valence-corrected chi connectivity index (χ4v) is 5.22. The fraction of sp³-hybridized carbons (Fsp3) is 0.435. The van der Waals surface area contributed by atoms with Gasteiger partial charge in [0.05, 0.1) is 17.6 Å². The largest absolute Gasteiger partial charge is 0.395 e. The van der Waals surface area contributed by atoms with Gasteiger partial charge in [-0.3, -0.25) is 4.79 Å². The summed E-state index contributed by atoms with van der Waals surface area (Å²) in [5.74, 6) is 0.169. The van der Waals surface area contributed by atoms with Gasteiger partial charge < -0.3 is 15.1 Å². The minimum Gasteiger partial charge on any atom is -0.395 e. The number of aliphatic hydroxyl groups excluding tert-OH is 2. The number of hydrogen-bond donors (Lipinski definition) is 3. The topological polar surface area (TPSA) is 107 Å². The summed E-state index contributed by atoms with van der Waals surface area (Å²) in [6.45, 7) is 2.56. The molecule has 0 spiro atoms. The van der Waals surface area contributed by atoms with E-state index in [-0.39, 0.29) is 23.3 Å². The maximum absolute atomic E-state index is 12.5. The first-order chi connectivity index (χ1) is 14.8. The molecule has 168 valence electrons. The quantitative estimate of drug-likeness (QED) is 0.574. The van der Waals surface area contributed by atoms with Crippen molar-refractivity contribution in [1.29, 1.82) is 0 Å². The van der Waals surface area contributed by atoms with E-state index in [1.54, 1.807) is 30.0 Å². The van der Waals surface area contributed by atoms with Crippen molar-refractivity contribution in [2.45, 2.75) is 43.2 Å². The second-order valence-corrected chi connectivity index (χ2v) is 9.76. The second kappa shape index (κ2) is 10.4. The number of amides is 1. The molecule has 31 heavy (non-hydrogen) atoms. The summed E-state index contributed by atoms with van der Waals surface area (Å²) in [4.78, 5) is 13.4. The van der Waals surface area contributed by atoms with Crippen LogP contribution in [-0.2, 0) is 21.2 Å². The van der Waals surface area contributed by atoms with Gasteiger partial charge in [-0.1, -0.05) is 42.5 Å². The van der Waals surface area contributed by atoms with Crippen LogP contribution in [0.3, 0.4) is 0 Å². The first kappa shape index (κ1) is 23.4. The highest BCUT2D eigenvalue weighted by atomic mass is 32.2. The maximum Gasteiger partial charge on any atom is 0.240 e. The molecule has 1 aliphatic heterocycles. The molecule has 1 amide bonds. The number of carbonyl (C=O) groups is 1. The molecule has 7 nitrogen and oxygen atoms in total. The Balaban J connectivity index is 1.59. The van der Waals surface area contributed by atoms with Crippen LogP contribution in [0, 0.1) is 5.92 Å². The van der Waals surface area contributed by atoms with Crippen LogP contribution in [0.15, 0.2) is 59.5 Å². The standard InChI is InChI=1S/C23H30N2O5S/c1-17(27)25-13-11-20(12-14-25)23(28)19-9-7-18(8-10-19)15-21(16-26)24-31(29,30)22-5-3-2-4-6-22/h2-10,20-21,23-24,26,28H,11-16H2,1H3/t21-,23?/m0/s1. The molecule has 0 radical (unpaired) electrons. The molecule has 3 rings (SSSR count). The first-order valence-corrected chi connectivity index (χ1v) is 12.0. The highest BCUT2D eigenvalue weighted by Crippen LogP contribution is 2.31. The minimum absolute atomic E-state index is 0.0682. The first-order valence-electron chi connectivity index (χ1n) is 10.5. The normalized spacial score (nSPS) is 17.3. The van der Waals surface area contributed by atoms with Crippen molar-refractivity contribution in [3.8, 4) is 0 Å². The number of carbonyl (C=O) groups excluding carboxylic acids is 1. The zero-order valence-electron chi connectivity index (χ0n) is 17.6. The van der Waals surface area contributed by atoms with Crippen LogP contribution in [0.4, 0.5) is 0 Å². The van der Waals surface area contributed by atoms with Crippen LogP contribution in [-0.4, -0.2) is 55.2 Å². The molecular formula is C23H30N2O5S. The van der Waals surface area contributed by atoms with Gasteiger partial charge in [-0.05, 0) is 48.4 Å². The Morgan fingerprint density at radius 3 is 2.26 bits per heavy atom. The van der Waals surface area contributed by atoms with Crippen molar-refractivity contribution in [2.24, 2.45) is 5.92 Å². The van der Waals surface area contributed by atoms with E-state index in [4.69, 9.17) is 0 Å². The van der Waals surface area contributed by atoms with Crippen LogP contribution in [0.5, 0.6) is 0 Å². The Labute approximate surface area is 183 Å². The molecule has 1 heterocycles. The molecule has 1 unspecified atom stereocenters. The monoisotopic (exact) mass is 446 g/mol. The predicted molar refractivity (Wildman–Crippen MR) is 118 cm³/mol. The van der Waals surface area contributed by atoms with E-state index in [2.05, 4.69) is 4.72 Å². The smallest absolute Gasteiger partial charge is 0.240 e. The van der Waals surface area contributed by atoms with Crippen molar-refractivity contribution in [2.75, 3.05) is 19.7 Å². The van der Waals surface area contributed by atoms with Gasteiger partial charge in [0.15, 0.2) is 0 Å². The van der Waals surface area contributed by atoms with Gasteiger partial charge in [0.1, 0.15) is 0 Å². The summed E-state index contributed by atoms with van der Waals surface area (Å²) in [6, 6.07) is 14.8. The number of aliphatic hydroxyl groups is 2. The number of benzene rings is 2. The zero-order valence-corrected chi connectivity index (χ0v) is 18.5. The summed E-state index contributed by atoms with van der Waals surface area (Å²) >= 11 is 0. The van der Waals surface area contributed by atoms with E-state index >= 15 is 0 Å². The van der Waals surface area contributed by atoms with E-state index in [9.17, 15) is 23.4 Å². The third-order valence-electron chi connectivity index (χ3n) is 5.83. The molecule has 2 aromatic carbocycles. The summed E-state index contributed by atoms with van der Waals surface area (Å²) < 4.78 is 27.5. The fourth-order valence-electron chi connectivity index (χ4n) is 3.97. The van der Waals surface area contributed by atoms with Gasteiger partial charge in [-0.15, -0.1) is 0 Å². The highest BCUT2D eigenvalue weighted by Gasteiger charge is 2.27. The number of rotatable bonds is 8. The third-order valence-corrected chi connectivity index (χ3v) is 7.37. The Morgan fingerprint density at radius 2 is 1.71 bits per heavy atom. The average Bonchev–Trinajstić information content (AvgIpc) is 2.79. The Hall–Kier alpha value is -2.26. The molecule has 0 aliphatic carbocycles. The molecule has 2 aromatic rings. The molecular weight excluding hydrogens is 416 g/mol. The SMILES string of the molecule is CC(=O)N1CCC(C(O)c2ccc(C[C@@H](CO)NS(=O)(=O)c3ccccc3)cc2)CC1. The molecule has 1 aliphatic rings. The van der Waals surface area contributed by atoms with Crippen molar-refractivity contribution < 1.29 is 23.4 Å². The molecule has 0 saturated carbocycles. The third kappa shape index (κ3) is 6.13. The van der Waals surface area contributed by atoms with Crippen LogP contribution in [0.2, 0.25) is 0 Å². The molecule has 8 heteroatoms. The lowest BCUT2D eigenvalue weighted by Gasteiger charge is -2.33. The van der Waals surface area contributed by atoms with Crippen LogP contribution in [0.25, 0.3) is 0 Å². The lowest BCUT2D eigenvalue weighted by Crippen LogP contribution is -2.39. The van der Waals surface area contributed by atoms with Crippen molar-refractivity contribution in [3.63, 3.8) is 0 Å². The van der Waals surface area contributed by atoms with Gasteiger partial charge in [0, 0.05) is 26.1 Å². The number of hydrogen-bond acceptors (Lipinski definition) is 5. The summed E-state index contributed by atoms with van der Waals surface area (Å²) in [7, 11) is -3.72. The summed E-state index contributed by atoms with van der Waals surface area (Å²) in [5, 5.41) is 20.4. The average molecular weight is 447 g/mol. The van der Waals surface area contributed by atoms with E-state index in [0.29, 0.717) is 19.5 Å². The molecule has 0 aromatic heterocycles.